The van der Waals surface area contributed by atoms with Crippen molar-refractivity contribution >= 4 is 21.9 Å². The third-order valence-electron chi connectivity index (χ3n) is 2.11. The Morgan fingerprint density at radius 2 is 2.13 bits per heavy atom. The Morgan fingerprint density at radius 3 is 2.47 bits per heavy atom. The second kappa shape index (κ2) is 6.11. The first-order valence-corrected chi connectivity index (χ1v) is 5.98. The molecule has 0 aliphatic rings. The Bertz CT molecular complexity index is 256. The first kappa shape index (κ1) is 14.4. The summed E-state index contributed by atoms with van der Waals surface area (Å²) in [5.74, 6) is -0.269. The highest BCUT2D eigenvalue weighted by Gasteiger charge is 2.30. The van der Waals surface area contributed by atoms with E-state index in [2.05, 4.69) is 29.1 Å². The van der Waals surface area contributed by atoms with Crippen molar-refractivity contribution in [3.63, 3.8) is 0 Å². The summed E-state index contributed by atoms with van der Waals surface area (Å²) in [6.07, 6.45) is 2.20. The molecule has 0 bridgehead atoms. The van der Waals surface area contributed by atoms with Gasteiger partial charge in [-0.15, -0.1) is 6.58 Å². The monoisotopic (exact) mass is 274 g/mol. The summed E-state index contributed by atoms with van der Waals surface area (Å²) in [5.41, 5.74) is 0.910. The molecular formula is C12H19BrO2. The lowest BCUT2D eigenvalue weighted by Crippen LogP contribution is -2.32. The van der Waals surface area contributed by atoms with Gasteiger partial charge in [-0.05, 0) is 13.3 Å². The minimum absolute atomic E-state index is 0.161. The molecule has 0 aromatic heterocycles. The summed E-state index contributed by atoms with van der Waals surface area (Å²) < 4.78 is 5.27. The molecular weight excluding hydrogens is 256 g/mol. The van der Waals surface area contributed by atoms with Crippen LogP contribution in [-0.4, -0.2) is 17.4 Å². The molecule has 0 aromatic rings. The molecule has 2 nitrogen and oxygen atoms in total. The molecule has 86 valence electrons. The summed E-state index contributed by atoms with van der Waals surface area (Å²) in [6, 6.07) is 0. The van der Waals surface area contributed by atoms with Crippen LogP contribution in [0, 0.1) is 5.41 Å². The van der Waals surface area contributed by atoms with Crippen LogP contribution in [0.5, 0.6) is 0 Å². The average molecular weight is 275 g/mol. The summed E-state index contributed by atoms with van der Waals surface area (Å²) in [7, 11) is 0. The number of hydrogen-bond donors (Lipinski definition) is 0. The summed E-state index contributed by atoms with van der Waals surface area (Å²) in [6.45, 7) is 13.6. The van der Waals surface area contributed by atoms with Crippen molar-refractivity contribution in [1.29, 1.82) is 0 Å². The third kappa shape index (κ3) is 5.17. The van der Waals surface area contributed by atoms with Gasteiger partial charge in [0.2, 0.25) is 0 Å². The summed E-state index contributed by atoms with van der Waals surface area (Å²) >= 11 is 3.06. The minimum Gasteiger partial charge on any atom is -0.457 e. The molecule has 0 rings (SSSR count). The lowest BCUT2D eigenvalue weighted by Gasteiger charge is -2.31. The van der Waals surface area contributed by atoms with Crippen LogP contribution in [-0.2, 0) is 9.53 Å². The maximum absolute atomic E-state index is 11.2. The Morgan fingerprint density at radius 1 is 1.60 bits per heavy atom. The first-order valence-electron chi connectivity index (χ1n) is 4.86. The van der Waals surface area contributed by atoms with Crippen molar-refractivity contribution in [2.24, 2.45) is 5.41 Å². The van der Waals surface area contributed by atoms with Gasteiger partial charge in [0.1, 0.15) is 11.4 Å². The molecule has 0 heterocycles. The van der Waals surface area contributed by atoms with Crippen LogP contribution in [0.1, 0.15) is 27.2 Å². The van der Waals surface area contributed by atoms with Gasteiger partial charge in [0, 0.05) is 5.41 Å². The predicted octanol–water partition coefficient (Wildman–Crippen LogP) is 3.47. The predicted molar refractivity (Wildman–Crippen MR) is 67.1 cm³/mol. The van der Waals surface area contributed by atoms with Crippen molar-refractivity contribution < 1.29 is 9.53 Å². The van der Waals surface area contributed by atoms with Crippen LogP contribution in [0.3, 0.4) is 0 Å². The van der Waals surface area contributed by atoms with Gasteiger partial charge in [-0.25, -0.2) is 0 Å². The van der Waals surface area contributed by atoms with Crippen LogP contribution in [0.15, 0.2) is 24.8 Å². The van der Waals surface area contributed by atoms with Crippen molar-refractivity contribution in [3.8, 4) is 0 Å². The minimum atomic E-state index is -0.278. The maximum atomic E-state index is 11.2. The molecule has 15 heavy (non-hydrogen) atoms. The molecule has 0 aliphatic heterocycles. The molecule has 0 aliphatic carbocycles. The topological polar surface area (TPSA) is 26.3 Å². The van der Waals surface area contributed by atoms with E-state index in [4.69, 9.17) is 4.74 Å². The van der Waals surface area contributed by atoms with E-state index >= 15 is 0 Å². The zero-order valence-corrected chi connectivity index (χ0v) is 11.3. The number of allylic oxidation sites excluding steroid dienone is 1. The molecule has 0 N–H and O–H groups in total. The van der Waals surface area contributed by atoms with Gasteiger partial charge in [0.25, 0.3) is 0 Å². The van der Waals surface area contributed by atoms with Gasteiger partial charge in [-0.1, -0.05) is 48.0 Å². The van der Waals surface area contributed by atoms with E-state index in [9.17, 15) is 4.79 Å². The second-order valence-electron chi connectivity index (χ2n) is 4.40. The average Bonchev–Trinajstić information content (AvgIpc) is 2.11. The Labute approximate surface area is 101 Å². The van der Waals surface area contributed by atoms with E-state index in [0.29, 0.717) is 0 Å². The van der Waals surface area contributed by atoms with Gasteiger partial charge in [-0.3, -0.25) is 4.79 Å². The highest BCUT2D eigenvalue weighted by atomic mass is 79.9. The van der Waals surface area contributed by atoms with Gasteiger partial charge in [0.05, 0.1) is 0 Å². The van der Waals surface area contributed by atoms with Crippen LogP contribution >= 0.6 is 15.9 Å². The number of halogens is 1. The second-order valence-corrected chi connectivity index (χ2v) is 4.96. The van der Waals surface area contributed by atoms with Gasteiger partial charge >= 0.3 is 5.97 Å². The summed E-state index contributed by atoms with van der Waals surface area (Å²) in [4.78, 5) is 11.2. The van der Waals surface area contributed by atoms with Crippen LogP contribution in [0.4, 0.5) is 0 Å². The third-order valence-corrected chi connectivity index (χ3v) is 2.57. The Hall–Kier alpha value is -0.570. The fraction of sp³-hybridized carbons (Fsp3) is 0.583. The van der Waals surface area contributed by atoms with Crippen LogP contribution in [0.25, 0.3) is 0 Å². The molecule has 0 spiro atoms. The van der Waals surface area contributed by atoms with E-state index < -0.39 is 0 Å². The lowest BCUT2D eigenvalue weighted by atomic mass is 9.81. The highest BCUT2D eigenvalue weighted by molar-refractivity contribution is 9.09. The Balaban J connectivity index is 4.56. The largest absolute Gasteiger partial charge is 0.457 e. The van der Waals surface area contributed by atoms with Gasteiger partial charge in [-0.2, -0.15) is 0 Å². The van der Waals surface area contributed by atoms with Crippen molar-refractivity contribution in [2.75, 3.05) is 5.33 Å². The van der Waals surface area contributed by atoms with Gasteiger partial charge < -0.3 is 4.74 Å². The van der Waals surface area contributed by atoms with Crippen LogP contribution in [0.2, 0.25) is 0 Å². The molecule has 0 saturated carbocycles. The number of carbonyl (C=O) groups excluding carboxylic acids is 1. The molecule has 0 saturated heterocycles. The molecule has 3 heteroatoms. The van der Waals surface area contributed by atoms with Crippen molar-refractivity contribution in [3.05, 3.63) is 24.8 Å². The first-order chi connectivity index (χ1) is 6.83. The van der Waals surface area contributed by atoms with E-state index in [-0.39, 0.29) is 22.8 Å². The number of esters is 1. The fourth-order valence-electron chi connectivity index (χ4n) is 1.58. The molecule has 1 unspecified atom stereocenters. The van der Waals surface area contributed by atoms with Crippen molar-refractivity contribution in [1.82, 2.24) is 0 Å². The molecule has 1 atom stereocenters. The lowest BCUT2D eigenvalue weighted by molar-refractivity contribution is -0.148. The highest BCUT2D eigenvalue weighted by Crippen LogP contribution is 2.31. The Kier molecular flexibility index (Phi) is 5.88. The van der Waals surface area contributed by atoms with E-state index in [1.165, 1.54) is 0 Å². The summed E-state index contributed by atoms with van der Waals surface area (Å²) in [5, 5.41) is 0.209. The van der Waals surface area contributed by atoms with Crippen LogP contribution < -0.4 is 0 Å². The fourth-order valence-corrected chi connectivity index (χ4v) is 1.71. The van der Waals surface area contributed by atoms with Gasteiger partial charge in [0.15, 0.2) is 0 Å². The van der Waals surface area contributed by atoms with Crippen molar-refractivity contribution in [2.45, 2.75) is 33.3 Å². The zero-order chi connectivity index (χ0) is 12.1. The molecule has 0 aromatic carbocycles. The number of carbonyl (C=O) groups is 1. The smallest absolute Gasteiger partial charge is 0.317 e. The molecule has 0 radical (unpaired) electrons. The zero-order valence-electron chi connectivity index (χ0n) is 9.68. The quantitative estimate of drug-likeness (QED) is 0.421. The number of alkyl halides is 1. The van der Waals surface area contributed by atoms with E-state index in [0.717, 1.165) is 12.0 Å². The normalized spacial score (nSPS) is 13.1. The van der Waals surface area contributed by atoms with E-state index in [1.807, 2.05) is 20.8 Å². The molecule has 0 fully saturated rings. The molecule has 0 amide bonds. The van der Waals surface area contributed by atoms with E-state index in [1.54, 1.807) is 6.08 Å². The maximum Gasteiger partial charge on any atom is 0.317 e. The number of hydrogen-bond acceptors (Lipinski definition) is 2. The number of rotatable bonds is 6. The number of ether oxygens (including phenoxy) is 1. The SMILES string of the molecule is C=CC(OC(=O)CBr)C(C)(C)CC(=C)C. The standard InChI is InChI=1S/C12H19BrO2/c1-6-10(15-11(14)8-13)12(4,5)7-9(2)3/h6,10H,1-2,7-8H2,3-5H3.